The maximum atomic E-state index is 11.1. The zero-order valence-corrected chi connectivity index (χ0v) is 12.4. The van der Waals surface area contributed by atoms with Crippen LogP contribution in [-0.4, -0.2) is 33.0 Å². The lowest BCUT2D eigenvalue weighted by atomic mass is 10.3. The number of carbonyl (C=O) groups is 2. The predicted octanol–water partition coefficient (Wildman–Crippen LogP) is 0.663. The lowest BCUT2D eigenvalue weighted by Gasteiger charge is -2.01. The van der Waals surface area contributed by atoms with Gasteiger partial charge < -0.3 is 11.1 Å². The van der Waals surface area contributed by atoms with Gasteiger partial charge in [0.2, 0.25) is 4.96 Å². The molecule has 3 heterocycles. The van der Waals surface area contributed by atoms with E-state index in [1.807, 2.05) is 22.9 Å². The molecule has 0 aliphatic carbocycles. The van der Waals surface area contributed by atoms with Crippen LogP contribution in [0.2, 0.25) is 0 Å². The third kappa shape index (κ3) is 2.78. The van der Waals surface area contributed by atoms with Crippen LogP contribution in [0.4, 0.5) is 0 Å². The number of primary amides is 1. The van der Waals surface area contributed by atoms with Gasteiger partial charge in [-0.15, -0.1) is 27.8 Å². The highest BCUT2D eigenvalue weighted by atomic mass is 32.1. The van der Waals surface area contributed by atoms with Crippen LogP contribution in [0.15, 0.2) is 22.9 Å². The van der Waals surface area contributed by atoms with Crippen LogP contribution in [0.5, 0.6) is 0 Å². The third-order valence-corrected chi connectivity index (χ3v) is 4.51. The Bertz CT molecular complexity index is 790. The number of hydrogen-bond acceptors (Lipinski definition) is 6. The summed E-state index contributed by atoms with van der Waals surface area (Å²) in [5, 5.41) is 10.8. The van der Waals surface area contributed by atoms with Crippen molar-refractivity contribution in [2.24, 2.45) is 5.73 Å². The fourth-order valence-electron chi connectivity index (χ4n) is 1.80. The van der Waals surface area contributed by atoms with Crippen molar-refractivity contribution < 1.29 is 9.59 Å². The molecule has 9 heteroatoms. The second-order valence-corrected chi connectivity index (χ2v) is 5.99. The number of fused-ring (bicyclic) bond motifs is 1. The summed E-state index contributed by atoms with van der Waals surface area (Å²) in [7, 11) is 0. The number of carbonyl (C=O) groups excluding carboxylic acids is 2. The Labute approximate surface area is 127 Å². The highest BCUT2D eigenvalue weighted by Crippen LogP contribution is 2.24. The van der Waals surface area contributed by atoms with Crippen LogP contribution in [0.1, 0.15) is 5.69 Å². The minimum atomic E-state index is -0.980. The standard InChI is InChI=1S/C12H11N5O2S2/c13-9(18)11(19)14-4-3-7-6-21-12-15-10(16-17(7)12)8-2-1-5-20-8/h1-2,5-6H,3-4H2,(H2,13,18)(H,14,19). The van der Waals surface area contributed by atoms with Gasteiger partial charge in [-0.1, -0.05) is 6.07 Å². The monoisotopic (exact) mass is 321 g/mol. The van der Waals surface area contributed by atoms with Gasteiger partial charge in [0.15, 0.2) is 5.82 Å². The molecule has 3 aromatic rings. The number of hydrogen-bond donors (Lipinski definition) is 2. The number of aromatic nitrogens is 3. The molecular formula is C12H11N5O2S2. The van der Waals surface area contributed by atoms with E-state index in [0.29, 0.717) is 18.8 Å². The van der Waals surface area contributed by atoms with Gasteiger partial charge in [-0.05, 0) is 11.4 Å². The van der Waals surface area contributed by atoms with Crippen molar-refractivity contribution in [1.82, 2.24) is 19.9 Å². The quantitative estimate of drug-likeness (QED) is 0.689. The molecule has 0 aromatic carbocycles. The molecule has 0 unspecified atom stereocenters. The Morgan fingerprint density at radius 1 is 1.38 bits per heavy atom. The molecule has 2 amide bonds. The second-order valence-electron chi connectivity index (χ2n) is 4.20. The average molecular weight is 321 g/mol. The van der Waals surface area contributed by atoms with E-state index in [1.54, 1.807) is 15.9 Å². The summed E-state index contributed by atoms with van der Waals surface area (Å²) in [5.41, 5.74) is 5.79. The van der Waals surface area contributed by atoms with Gasteiger partial charge >= 0.3 is 11.8 Å². The molecule has 108 valence electrons. The first-order valence-electron chi connectivity index (χ1n) is 6.10. The van der Waals surface area contributed by atoms with Gasteiger partial charge in [0.1, 0.15) is 0 Å². The summed E-state index contributed by atoms with van der Waals surface area (Å²) in [6.45, 7) is 0.321. The smallest absolute Gasteiger partial charge is 0.309 e. The summed E-state index contributed by atoms with van der Waals surface area (Å²) in [6.07, 6.45) is 0.548. The van der Waals surface area contributed by atoms with Crippen molar-refractivity contribution in [2.45, 2.75) is 6.42 Å². The minimum absolute atomic E-state index is 0.321. The fraction of sp³-hybridized carbons (Fsp3) is 0.167. The zero-order valence-electron chi connectivity index (χ0n) is 10.8. The van der Waals surface area contributed by atoms with E-state index in [-0.39, 0.29) is 0 Å². The first-order valence-corrected chi connectivity index (χ1v) is 7.86. The van der Waals surface area contributed by atoms with Crippen LogP contribution >= 0.6 is 22.7 Å². The molecule has 0 fully saturated rings. The number of amides is 2. The van der Waals surface area contributed by atoms with Crippen molar-refractivity contribution >= 4 is 39.4 Å². The summed E-state index contributed by atoms with van der Waals surface area (Å²) >= 11 is 3.07. The fourth-order valence-corrected chi connectivity index (χ4v) is 3.31. The summed E-state index contributed by atoms with van der Waals surface area (Å²) in [4.78, 5) is 28.0. The first kappa shape index (κ1) is 13.7. The van der Waals surface area contributed by atoms with Crippen molar-refractivity contribution in [3.05, 3.63) is 28.6 Å². The van der Waals surface area contributed by atoms with Crippen LogP contribution in [-0.2, 0) is 16.0 Å². The van der Waals surface area contributed by atoms with E-state index in [2.05, 4.69) is 15.4 Å². The van der Waals surface area contributed by atoms with Gasteiger partial charge in [0.25, 0.3) is 0 Å². The molecule has 7 nitrogen and oxygen atoms in total. The Morgan fingerprint density at radius 2 is 2.24 bits per heavy atom. The van der Waals surface area contributed by atoms with E-state index in [0.717, 1.165) is 15.5 Å². The molecule has 0 aliphatic heterocycles. The summed E-state index contributed by atoms with van der Waals surface area (Å²) < 4.78 is 1.76. The topological polar surface area (TPSA) is 102 Å². The summed E-state index contributed by atoms with van der Waals surface area (Å²) in [5.74, 6) is -1.06. The number of nitrogens with zero attached hydrogens (tertiary/aromatic N) is 3. The molecule has 0 saturated heterocycles. The lowest BCUT2D eigenvalue weighted by Crippen LogP contribution is -2.37. The Kier molecular flexibility index (Phi) is 3.67. The predicted molar refractivity (Wildman–Crippen MR) is 80.1 cm³/mol. The number of nitrogens with two attached hydrogens (primary N) is 1. The van der Waals surface area contributed by atoms with Gasteiger partial charge in [-0.3, -0.25) is 9.59 Å². The number of thiophene rings is 1. The van der Waals surface area contributed by atoms with E-state index in [1.165, 1.54) is 11.3 Å². The second kappa shape index (κ2) is 5.62. The van der Waals surface area contributed by atoms with E-state index >= 15 is 0 Å². The first-order chi connectivity index (χ1) is 10.1. The molecule has 0 aliphatic rings. The minimum Gasteiger partial charge on any atom is -0.361 e. The molecule has 3 N–H and O–H groups in total. The van der Waals surface area contributed by atoms with Crippen molar-refractivity contribution in [1.29, 1.82) is 0 Å². The molecule has 0 spiro atoms. The molecule has 0 radical (unpaired) electrons. The molecule has 0 atom stereocenters. The number of rotatable bonds is 4. The molecule has 21 heavy (non-hydrogen) atoms. The summed E-state index contributed by atoms with van der Waals surface area (Å²) in [6, 6.07) is 3.92. The van der Waals surface area contributed by atoms with Crippen LogP contribution in [0, 0.1) is 0 Å². The largest absolute Gasteiger partial charge is 0.361 e. The van der Waals surface area contributed by atoms with Crippen LogP contribution < -0.4 is 11.1 Å². The maximum absolute atomic E-state index is 11.1. The highest BCUT2D eigenvalue weighted by molar-refractivity contribution is 7.15. The van der Waals surface area contributed by atoms with E-state index < -0.39 is 11.8 Å². The number of nitrogens with one attached hydrogen (secondary N) is 1. The molecule has 0 bridgehead atoms. The van der Waals surface area contributed by atoms with Crippen molar-refractivity contribution in [3.8, 4) is 10.7 Å². The SMILES string of the molecule is NC(=O)C(=O)NCCc1csc2nc(-c3cccs3)nn12. The van der Waals surface area contributed by atoms with Crippen LogP contribution in [0.25, 0.3) is 15.7 Å². The Morgan fingerprint density at radius 3 is 2.95 bits per heavy atom. The Balaban J connectivity index is 1.74. The van der Waals surface area contributed by atoms with E-state index in [9.17, 15) is 9.59 Å². The highest BCUT2D eigenvalue weighted by Gasteiger charge is 2.13. The van der Waals surface area contributed by atoms with Gasteiger partial charge in [-0.2, -0.15) is 4.98 Å². The van der Waals surface area contributed by atoms with E-state index in [4.69, 9.17) is 5.73 Å². The molecule has 3 rings (SSSR count). The molecule has 0 saturated carbocycles. The maximum Gasteiger partial charge on any atom is 0.309 e. The third-order valence-electron chi connectivity index (χ3n) is 2.78. The normalized spacial score (nSPS) is 10.9. The Hall–Kier alpha value is -2.26. The molecule has 3 aromatic heterocycles. The van der Waals surface area contributed by atoms with Crippen LogP contribution in [0.3, 0.4) is 0 Å². The van der Waals surface area contributed by atoms with Crippen molar-refractivity contribution in [2.75, 3.05) is 6.54 Å². The van der Waals surface area contributed by atoms with Gasteiger partial charge in [-0.25, -0.2) is 4.52 Å². The number of thiazole rings is 1. The van der Waals surface area contributed by atoms with Crippen molar-refractivity contribution in [3.63, 3.8) is 0 Å². The molecular weight excluding hydrogens is 310 g/mol. The lowest BCUT2D eigenvalue weighted by molar-refractivity contribution is -0.137. The van der Waals surface area contributed by atoms with Gasteiger partial charge in [0, 0.05) is 18.3 Å². The average Bonchev–Trinajstić information content (AvgIpc) is 3.14. The zero-order chi connectivity index (χ0) is 14.8. The van der Waals surface area contributed by atoms with Gasteiger partial charge in [0.05, 0.1) is 10.6 Å².